The number of nitrogens with two attached hydrogens (primary N) is 2. The maximum absolute atomic E-state index is 12.1. The van der Waals surface area contributed by atoms with Gasteiger partial charge in [-0.2, -0.15) is 0 Å². The molecule has 0 saturated heterocycles. The van der Waals surface area contributed by atoms with E-state index in [-0.39, 0.29) is 6.42 Å². The molecule has 0 aliphatic heterocycles. The largest absolute Gasteiger partial charge is 0.481 e. The lowest BCUT2D eigenvalue weighted by molar-refractivity contribution is -0.143. The summed E-state index contributed by atoms with van der Waals surface area (Å²) >= 11 is 0. The van der Waals surface area contributed by atoms with Crippen molar-refractivity contribution in [1.82, 2.24) is 16.0 Å². The number of carbonyl (C=O) groups is 6. The lowest BCUT2D eigenvalue weighted by Gasteiger charge is -2.19. The van der Waals surface area contributed by atoms with E-state index in [0.29, 0.717) is 19.4 Å². The molecule has 0 aliphatic carbocycles. The smallest absolute Gasteiger partial charge is 0.326 e. The number of aliphatic carboxylic acids is 3. The van der Waals surface area contributed by atoms with Gasteiger partial charge in [-0.1, -0.05) is 0 Å². The van der Waals surface area contributed by atoms with E-state index in [1.807, 2.05) is 5.32 Å². The molecule has 0 heterocycles. The quantitative estimate of drug-likeness (QED) is 0.118. The first kappa shape index (κ1) is 26.7. The number of nitrogens with one attached hydrogen (secondary N) is 3. The van der Waals surface area contributed by atoms with Gasteiger partial charge in [0, 0.05) is 0 Å². The van der Waals surface area contributed by atoms with E-state index in [9.17, 15) is 28.8 Å². The van der Waals surface area contributed by atoms with Gasteiger partial charge < -0.3 is 42.7 Å². The molecule has 0 saturated carbocycles. The second kappa shape index (κ2) is 13.8. The van der Waals surface area contributed by atoms with Crippen LogP contribution < -0.4 is 27.4 Å². The molecule has 0 aromatic heterocycles. The predicted octanol–water partition coefficient (Wildman–Crippen LogP) is -3.44. The standard InChI is InChI=1S/C16H27N5O9/c17-4-2-1-3-9(16(29)30)20-11(22)7-19-15(28)10(6-13(25)26)21-14(27)8(18)5-12(23)24/h8-10H,1-7,17-18H2,(H,19,28)(H,20,22)(H,21,27)(H,23,24)(H,25,26)(H,29,30). The van der Waals surface area contributed by atoms with Crippen LogP contribution in [0.2, 0.25) is 0 Å². The summed E-state index contributed by atoms with van der Waals surface area (Å²) in [5, 5.41) is 32.9. The zero-order valence-corrected chi connectivity index (χ0v) is 16.1. The second-order valence-electron chi connectivity index (χ2n) is 6.32. The fraction of sp³-hybridized carbons (Fsp3) is 0.625. The molecule has 3 unspecified atom stereocenters. The third-order valence-corrected chi connectivity index (χ3v) is 3.75. The number of hydrogen-bond acceptors (Lipinski definition) is 8. The molecule has 14 heteroatoms. The highest BCUT2D eigenvalue weighted by Crippen LogP contribution is 2.01. The Hall–Kier alpha value is -3.26. The molecular formula is C16H27N5O9. The van der Waals surface area contributed by atoms with Gasteiger partial charge in [0.25, 0.3) is 0 Å². The predicted molar refractivity (Wildman–Crippen MR) is 99.9 cm³/mol. The normalized spacial score (nSPS) is 13.4. The van der Waals surface area contributed by atoms with Gasteiger partial charge in [0.05, 0.1) is 25.4 Å². The fourth-order valence-corrected chi connectivity index (χ4v) is 2.23. The topological polar surface area (TPSA) is 251 Å². The Kier molecular flexibility index (Phi) is 12.3. The minimum Gasteiger partial charge on any atom is -0.481 e. The van der Waals surface area contributed by atoms with Gasteiger partial charge in [0.2, 0.25) is 17.7 Å². The summed E-state index contributed by atoms with van der Waals surface area (Å²) in [5.74, 6) is -7.03. The van der Waals surface area contributed by atoms with E-state index in [1.54, 1.807) is 0 Å². The molecule has 0 aliphatic rings. The van der Waals surface area contributed by atoms with Crippen molar-refractivity contribution in [2.24, 2.45) is 11.5 Å². The summed E-state index contributed by atoms with van der Waals surface area (Å²) in [5.41, 5.74) is 10.7. The average molecular weight is 433 g/mol. The van der Waals surface area contributed by atoms with Gasteiger partial charge in [-0.05, 0) is 25.8 Å². The van der Waals surface area contributed by atoms with Crippen LogP contribution in [0.15, 0.2) is 0 Å². The van der Waals surface area contributed by atoms with Crippen molar-refractivity contribution in [1.29, 1.82) is 0 Å². The van der Waals surface area contributed by atoms with Gasteiger partial charge >= 0.3 is 17.9 Å². The maximum atomic E-state index is 12.1. The molecule has 0 radical (unpaired) electrons. The monoisotopic (exact) mass is 433 g/mol. The SMILES string of the molecule is NCCCCC(NC(=O)CNC(=O)C(CC(=O)O)NC(=O)C(N)CC(=O)O)C(=O)O. The average Bonchev–Trinajstić information content (AvgIpc) is 2.63. The van der Waals surface area contributed by atoms with Gasteiger partial charge in [0.15, 0.2) is 0 Å². The molecule has 0 aromatic rings. The van der Waals surface area contributed by atoms with E-state index < -0.39 is 73.1 Å². The molecule has 0 bridgehead atoms. The molecule has 0 spiro atoms. The molecule has 3 amide bonds. The van der Waals surface area contributed by atoms with Crippen LogP contribution in [0.1, 0.15) is 32.1 Å². The van der Waals surface area contributed by atoms with Gasteiger partial charge in [-0.25, -0.2) is 4.79 Å². The molecule has 0 rings (SSSR count). The number of carboxylic acid groups (broad SMARTS) is 3. The van der Waals surface area contributed by atoms with Crippen molar-refractivity contribution in [3.05, 3.63) is 0 Å². The Balaban J connectivity index is 4.81. The van der Waals surface area contributed by atoms with Crippen molar-refractivity contribution in [3.63, 3.8) is 0 Å². The lowest BCUT2D eigenvalue weighted by atomic mass is 10.1. The van der Waals surface area contributed by atoms with E-state index in [0.717, 1.165) is 0 Å². The number of amides is 3. The molecule has 0 aromatic carbocycles. The first-order chi connectivity index (χ1) is 14.0. The van der Waals surface area contributed by atoms with Gasteiger partial charge in [0.1, 0.15) is 12.1 Å². The summed E-state index contributed by atoms with van der Waals surface area (Å²) in [6.07, 6.45) is -0.433. The van der Waals surface area contributed by atoms with Gasteiger partial charge in [-0.3, -0.25) is 24.0 Å². The van der Waals surface area contributed by atoms with Crippen LogP contribution in [0.25, 0.3) is 0 Å². The molecule has 14 nitrogen and oxygen atoms in total. The van der Waals surface area contributed by atoms with Crippen LogP contribution in [0.5, 0.6) is 0 Å². The molecule has 3 atom stereocenters. The van der Waals surface area contributed by atoms with Crippen LogP contribution in [0, 0.1) is 0 Å². The molecule has 0 fully saturated rings. The van der Waals surface area contributed by atoms with Crippen LogP contribution in [-0.2, 0) is 28.8 Å². The zero-order valence-electron chi connectivity index (χ0n) is 16.1. The highest BCUT2D eigenvalue weighted by Gasteiger charge is 2.27. The number of unbranched alkanes of at least 4 members (excludes halogenated alkanes) is 1. The Bertz CT molecular complexity index is 655. The number of carboxylic acids is 3. The number of carbonyl (C=O) groups excluding carboxylic acids is 3. The zero-order chi connectivity index (χ0) is 23.3. The Morgan fingerprint density at radius 1 is 0.800 bits per heavy atom. The van der Waals surface area contributed by atoms with Crippen molar-refractivity contribution < 1.29 is 44.1 Å². The van der Waals surface area contributed by atoms with E-state index in [2.05, 4.69) is 10.6 Å². The van der Waals surface area contributed by atoms with Crippen molar-refractivity contribution in [3.8, 4) is 0 Å². The lowest BCUT2D eigenvalue weighted by Crippen LogP contribution is -2.54. The second-order valence-corrected chi connectivity index (χ2v) is 6.32. The summed E-state index contributed by atoms with van der Waals surface area (Å²) in [6.45, 7) is -0.310. The van der Waals surface area contributed by atoms with Crippen LogP contribution >= 0.6 is 0 Å². The van der Waals surface area contributed by atoms with Crippen LogP contribution in [0.3, 0.4) is 0 Å². The Labute approximate surface area is 171 Å². The maximum Gasteiger partial charge on any atom is 0.326 e. The van der Waals surface area contributed by atoms with E-state index in [4.69, 9.17) is 26.8 Å². The first-order valence-electron chi connectivity index (χ1n) is 8.97. The fourth-order valence-electron chi connectivity index (χ4n) is 2.23. The third-order valence-electron chi connectivity index (χ3n) is 3.75. The molecular weight excluding hydrogens is 406 g/mol. The molecule has 170 valence electrons. The molecule has 10 N–H and O–H groups in total. The van der Waals surface area contributed by atoms with Crippen molar-refractivity contribution >= 4 is 35.6 Å². The minimum atomic E-state index is -1.62. The summed E-state index contributed by atoms with van der Waals surface area (Å²) in [6, 6.07) is -4.33. The minimum absolute atomic E-state index is 0.130. The Morgan fingerprint density at radius 3 is 1.90 bits per heavy atom. The van der Waals surface area contributed by atoms with Crippen LogP contribution in [-0.4, -0.2) is 82.2 Å². The van der Waals surface area contributed by atoms with Gasteiger partial charge in [-0.15, -0.1) is 0 Å². The Morgan fingerprint density at radius 2 is 1.40 bits per heavy atom. The highest BCUT2D eigenvalue weighted by atomic mass is 16.4. The summed E-state index contributed by atoms with van der Waals surface area (Å²) in [7, 11) is 0. The molecule has 30 heavy (non-hydrogen) atoms. The summed E-state index contributed by atoms with van der Waals surface area (Å²) in [4.78, 5) is 68.5. The third kappa shape index (κ3) is 11.6. The van der Waals surface area contributed by atoms with E-state index in [1.165, 1.54) is 0 Å². The first-order valence-corrected chi connectivity index (χ1v) is 8.97. The van der Waals surface area contributed by atoms with Crippen molar-refractivity contribution in [2.75, 3.05) is 13.1 Å². The van der Waals surface area contributed by atoms with Crippen LogP contribution in [0.4, 0.5) is 0 Å². The van der Waals surface area contributed by atoms with Crippen molar-refractivity contribution in [2.45, 2.75) is 50.2 Å². The number of rotatable bonds is 15. The highest BCUT2D eigenvalue weighted by molar-refractivity contribution is 5.95. The number of hydrogen-bond donors (Lipinski definition) is 8. The summed E-state index contributed by atoms with van der Waals surface area (Å²) < 4.78 is 0. The van der Waals surface area contributed by atoms with E-state index >= 15 is 0 Å².